The summed E-state index contributed by atoms with van der Waals surface area (Å²) in [5.74, 6) is 0.444. The SMILES string of the molecule is CC(C)(CN=C(NSc1ccc(Cl)cc1)N1CC(c2ccccc2)C(c2ccc(Cl)cc2)=N1)NS(N)(=O)=O. The molecule has 0 spiro atoms. The minimum Gasteiger partial charge on any atom is -0.295 e. The molecule has 38 heavy (non-hydrogen) atoms. The number of nitrogens with one attached hydrogen (secondary N) is 2. The maximum absolute atomic E-state index is 11.7. The average Bonchev–Trinajstić information content (AvgIpc) is 3.30. The van der Waals surface area contributed by atoms with E-state index < -0.39 is 15.7 Å². The second-order valence-electron chi connectivity index (χ2n) is 9.37. The van der Waals surface area contributed by atoms with Crippen molar-refractivity contribution in [3.63, 3.8) is 0 Å². The molecule has 0 amide bonds. The molecule has 3 aromatic carbocycles. The first kappa shape index (κ1) is 28.4. The number of rotatable bonds is 8. The molecule has 1 aliphatic heterocycles. The molecule has 1 atom stereocenters. The van der Waals surface area contributed by atoms with Gasteiger partial charge in [-0.15, -0.1) is 0 Å². The highest BCUT2D eigenvalue weighted by Crippen LogP contribution is 2.30. The van der Waals surface area contributed by atoms with Gasteiger partial charge in [-0.1, -0.05) is 65.7 Å². The van der Waals surface area contributed by atoms with E-state index in [9.17, 15) is 8.42 Å². The Labute approximate surface area is 237 Å². The van der Waals surface area contributed by atoms with Gasteiger partial charge >= 0.3 is 0 Å². The van der Waals surface area contributed by atoms with Crippen molar-refractivity contribution < 1.29 is 8.42 Å². The quantitative estimate of drug-likeness (QED) is 0.194. The lowest BCUT2D eigenvalue weighted by Gasteiger charge is -2.24. The molecule has 200 valence electrons. The molecule has 0 radical (unpaired) electrons. The van der Waals surface area contributed by atoms with Gasteiger partial charge in [-0.25, -0.2) is 15.1 Å². The van der Waals surface area contributed by atoms with Crippen LogP contribution in [-0.2, 0) is 10.2 Å². The summed E-state index contributed by atoms with van der Waals surface area (Å²) < 4.78 is 29.0. The fourth-order valence-electron chi connectivity index (χ4n) is 3.93. The van der Waals surface area contributed by atoms with Gasteiger partial charge in [0.2, 0.25) is 5.96 Å². The molecule has 0 saturated carbocycles. The maximum Gasteiger partial charge on any atom is 0.274 e. The Bertz CT molecular complexity index is 1410. The van der Waals surface area contributed by atoms with Crippen molar-refractivity contribution in [2.24, 2.45) is 15.2 Å². The van der Waals surface area contributed by atoms with Crippen LogP contribution in [0.25, 0.3) is 0 Å². The molecule has 1 unspecified atom stereocenters. The monoisotopic (exact) mass is 590 g/mol. The molecule has 8 nitrogen and oxygen atoms in total. The van der Waals surface area contributed by atoms with E-state index in [1.54, 1.807) is 31.0 Å². The Hall–Kier alpha value is -2.60. The largest absolute Gasteiger partial charge is 0.295 e. The van der Waals surface area contributed by atoms with Crippen LogP contribution in [0.15, 0.2) is 93.9 Å². The molecular weight excluding hydrogens is 563 g/mol. The number of hydrazone groups is 1. The number of guanidine groups is 1. The van der Waals surface area contributed by atoms with Crippen LogP contribution in [0.4, 0.5) is 0 Å². The van der Waals surface area contributed by atoms with Gasteiger partial charge in [0.1, 0.15) is 0 Å². The molecule has 3 aromatic rings. The van der Waals surface area contributed by atoms with E-state index >= 15 is 0 Å². The first-order chi connectivity index (χ1) is 18.0. The summed E-state index contributed by atoms with van der Waals surface area (Å²) in [6.45, 7) is 4.07. The van der Waals surface area contributed by atoms with E-state index in [1.807, 2.05) is 54.6 Å². The number of nitrogens with zero attached hydrogens (tertiary/aromatic N) is 3. The van der Waals surface area contributed by atoms with E-state index in [0.717, 1.165) is 21.7 Å². The molecule has 12 heteroatoms. The highest BCUT2D eigenvalue weighted by atomic mass is 35.5. The van der Waals surface area contributed by atoms with Crippen LogP contribution < -0.4 is 14.6 Å². The van der Waals surface area contributed by atoms with Gasteiger partial charge in [0.25, 0.3) is 10.2 Å². The predicted molar refractivity (Wildman–Crippen MR) is 157 cm³/mol. The molecule has 0 aromatic heterocycles. The molecule has 4 rings (SSSR count). The molecule has 1 aliphatic rings. The van der Waals surface area contributed by atoms with Gasteiger partial charge < -0.3 is 0 Å². The van der Waals surface area contributed by atoms with Gasteiger partial charge in [-0.2, -0.15) is 18.2 Å². The van der Waals surface area contributed by atoms with E-state index in [-0.39, 0.29) is 12.5 Å². The molecule has 1 heterocycles. The number of hydrogen-bond acceptors (Lipinski definition) is 5. The minimum absolute atomic E-state index is 0.0273. The lowest BCUT2D eigenvalue weighted by molar-refractivity contribution is 0.441. The van der Waals surface area contributed by atoms with Gasteiger partial charge in [0.05, 0.1) is 18.8 Å². The third-order valence-electron chi connectivity index (χ3n) is 5.62. The second kappa shape index (κ2) is 12.1. The van der Waals surface area contributed by atoms with Crippen LogP contribution in [-0.4, -0.2) is 43.7 Å². The maximum atomic E-state index is 11.7. The Balaban J connectivity index is 1.68. The van der Waals surface area contributed by atoms with E-state index in [2.05, 4.69) is 21.6 Å². The summed E-state index contributed by atoms with van der Waals surface area (Å²) >= 11 is 13.5. The first-order valence-electron chi connectivity index (χ1n) is 11.7. The zero-order chi connectivity index (χ0) is 27.3. The lowest BCUT2D eigenvalue weighted by atomic mass is 9.91. The topological polar surface area (TPSA) is 112 Å². The van der Waals surface area contributed by atoms with Crippen LogP contribution in [0.2, 0.25) is 10.0 Å². The molecule has 0 bridgehead atoms. The predicted octanol–water partition coefficient (Wildman–Crippen LogP) is 5.02. The average molecular weight is 592 g/mol. The fourth-order valence-corrected chi connectivity index (χ4v) is 5.66. The van der Waals surface area contributed by atoms with Crippen molar-refractivity contribution in [2.45, 2.75) is 30.2 Å². The van der Waals surface area contributed by atoms with E-state index in [1.165, 1.54) is 11.9 Å². The Kier molecular flexibility index (Phi) is 9.02. The Morgan fingerprint density at radius 2 is 1.66 bits per heavy atom. The van der Waals surface area contributed by atoms with Crippen LogP contribution in [0, 0.1) is 0 Å². The van der Waals surface area contributed by atoms with Gasteiger partial charge in [0, 0.05) is 26.4 Å². The zero-order valence-corrected chi connectivity index (χ0v) is 23.9. The van der Waals surface area contributed by atoms with Crippen LogP contribution in [0.3, 0.4) is 0 Å². The van der Waals surface area contributed by atoms with Gasteiger partial charge in [0.15, 0.2) is 0 Å². The number of aliphatic imine (C=N–C) groups is 1. The van der Waals surface area contributed by atoms with Crippen molar-refractivity contribution in [3.8, 4) is 0 Å². The standard InChI is InChI=1S/C26H28Cl2N6O2S2/c1-26(2,33-38(29,35)36)17-30-25(32-37-22-14-12-21(28)13-15-22)34-16-23(18-6-4-3-5-7-18)24(31-34)19-8-10-20(27)11-9-19/h3-15,23,33H,16-17H2,1-2H3,(H,30,32)(H2,29,35,36). The van der Waals surface area contributed by atoms with Crippen LogP contribution >= 0.6 is 35.1 Å². The smallest absolute Gasteiger partial charge is 0.274 e. The Morgan fingerprint density at radius 3 is 2.26 bits per heavy atom. The third-order valence-corrected chi connectivity index (χ3v) is 7.75. The van der Waals surface area contributed by atoms with Gasteiger partial charge in [-0.3, -0.25) is 4.72 Å². The highest BCUT2D eigenvalue weighted by Gasteiger charge is 2.32. The molecule has 0 aliphatic carbocycles. The normalized spacial score (nSPS) is 16.4. The molecule has 4 N–H and O–H groups in total. The van der Waals surface area contributed by atoms with Crippen molar-refractivity contribution in [1.82, 2.24) is 14.5 Å². The van der Waals surface area contributed by atoms with Gasteiger partial charge in [-0.05, 0) is 73.3 Å². The Morgan fingerprint density at radius 1 is 1.05 bits per heavy atom. The first-order valence-corrected chi connectivity index (χ1v) is 14.8. The van der Waals surface area contributed by atoms with Crippen molar-refractivity contribution in [3.05, 3.63) is 100 Å². The second-order valence-corrected chi connectivity index (χ2v) is 12.4. The number of nitrogens with two attached hydrogens (primary N) is 1. The number of halogens is 2. The summed E-state index contributed by atoms with van der Waals surface area (Å²) in [4.78, 5) is 5.66. The summed E-state index contributed by atoms with van der Waals surface area (Å²) in [6.07, 6.45) is 0. The summed E-state index contributed by atoms with van der Waals surface area (Å²) in [5.41, 5.74) is 2.02. The number of hydrogen-bond donors (Lipinski definition) is 3. The fraction of sp³-hybridized carbons (Fsp3) is 0.231. The highest BCUT2D eigenvalue weighted by molar-refractivity contribution is 7.98. The summed E-state index contributed by atoms with van der Waals surface area (Å²) in [7, 11) is -3.91. The number of benzene rings is 3. The molecule has 0 fully saturated rings. The molecule has 0 saturated heterocycles. The van der Waals surface area contributed by atoms with E-state index in [0.29, 0.717) is 22.5 Å². The minimum atomic E-state index is -3.91. The van der Waals surface area contributed by atoms with Crippen LogP contribution in [0.1, 0.15) is 30.9 Å². The van der Waals surface area contributed by atoms with E-state index in [4.69, 9.17) is 38.4 Å². The molecular formula is C26H28Cl2N6O2S2. The lowest BCUT2D eigenvalue weighted by Crippen LogP contribution is -2.49. The van der Waals surface area contributed by atoms with Crippen molar-refractivity contribution >= 4 is 57.0 Å². The van der Waals surface area contributed by atoms with Crippen molar-refractivity contribution in [2.75, 3.05) is 13.1 Å². The van der Waals surface area contributed by atoms with Crippen LogP contribution in [0.5, 0.6) is 0 Å². The zero-order valence-electron chi connectivity index (χ0n) is 20.8. The summed E-state index contributed by atoms with van der Waals surface area (Å²) in [6, 6.07) is 25.1. The van der Waals surface area contributed by atoms with Crippen molar-refractivity contribution in [1.29, 1.82) is 0 Å². The summed E-state index contributed by atoms with van der Waals surface area (Å²) in [5, 5.41) is 13.3. The third kappa shape index (κ3) is 7.95.